The molecule has 4 amide bonds. The second-order valence-electron chi connectivity index (χ2n) is 12.2. The summed E-state index contributed by atoms with van der Waals surface area (Å²) in [4.78, 5) is 53.6. The van der Waals surface area contributed by atoms with E-state index in [2.05, 4.69) is 0 Å². The number of aromatic hydroxyl groups is 2. The summed E-state index contributed by atoms with van der Waals surface area (Å²) < 4.78 is 28.6. The summed E-state index contributed by atoms with van der Waals surface area (Å²) in [5.41, 5.74) is 1.11. The van der Waals surface area contributed by atoms with E-state index in [1.807, 2.05) is 0 Å². The highest BCUT2D eigenvalue weighted by molar-refractivity contribution is 6.58. The number of allylic oxidation sites excluding steroid dienone is 2. The summed E-state index contributed by atoms with van der Waals surface area (Å²) in [6.07, 6.45) is 1.83. The number of hydrogen-bond donors (Lipinski definition) is 2. The lowest BCUT2D eigenvalue weighted by Crippen LogP contribution is -2.60. The Balaban J connectivity index is 1.33. The van der Waals surface area contributed by atoms with Crippen LogP contribution >= 0.6 is 23.2 Å². The van der Waals surface area contributed by atoms with Gasteiger partial charge in [-0.1, -0.05) is 35.9 Å². The van der Waals surface area contributed by atoms with Crippen molar-refractivity contribution in [2.24, 2.45) is 17.8 Å². The fourth-order valence-corrected chi connectivity index (χ4v) is 8.63. The Labute approximate surface area is 271 Å². The molecule has 2 aliphatic heterocycles. The van der Waals surface area contributed by atoms with E-state index >= 15 is 0 Å². The second kappa shape index (κ2) is 10.6. The Morgan fingerprint density at radius 3 is 2.24 bits per heavy atom. The lowest BCUT2D eigenvalue weighted by molar-refractivity contribution is -0.140. The standard InChI is InChI=1S/C34H26Cl2F2N2O6/c35-33-16-24-21(12-13-22-26(24)30(44)39(29(22)43)15-14-17-4-10-20(41)11-5-17)27(23-2-1-3-25(38)28(23)42)34(33,36)32(46)40(31(33)45)19-8-6-18(37)7-9-19/h1-12,22,24,26-27,41-42H,13-16H2. The van der Waals surface area contributed by atoms with E-state index in [9.17, 15) is 38.2 Å². The van der Waals surface area contributed by atoms with Gasteiger partial charge < -0.3 is 10.2 Å². The third kappa shape index (κ3) is 4.15. The number of rotatable bonds is 5. The van der Waals surface area contributed by atoms with Gasteiger partial charge in [0.05, 0.1) is 17.5 Å². The number of imide groups is 2. The van der Waals surface area contributed by atoms with Crippen molar-refractivity contribution in [3.8, 4) is 11.5 Å². The van der Waals surface area contributed by atoms with Gasteiger partial charge in [-0.25, -0.2) is 13.7 Å². The first-order chi connectivity index (χ1) is 21.9. The predicted octanol–water partition coefficient (Wildman–Crippen LogP) is 5.18. The number of phenolic OH excluding ortho intramolecular Hbond substituents is 2. The van der Waals surface area contributed by atoms with Crippen LogP contribution in [-0.4, -0.2) is 55.0 Å². The summed E-state index contributed by atoms with van der Waals surface area (Å²) in [6.45, 7) is 0.0762. The summed E-state index contributed by atoms with van der Waals surface area (Å²) in [7, 11) is 0. The van der Waals surface area contributed by atoms with Crippen LogP contribution in [0.5, 0.6) is 11.5 Å². The zero-order valence-corrected chi connectivity index (χ0v) is 25.5. The minimum absolute atomic E-state index is 0.00965. The first kappa shape index (κ1) is 30.4. The lowest BCUT2D eigenvalue weighted by atomic mass is 9.56. The molecule has 3 fully saturated rings. The molecule has 3 aromatic rings. The van der Waals surface area contributed by atoms with Crippen molar-refractivity contribution < 1.29 is 38.2 Å². The number of phenols is 2. The number of amides is 4. The SMILES string of the molecule is O=C1C2CC=C3C(CC4(Cl)C(=O)N(c5ccc(F)cc5)C(=O)C4(Cl)C3c3cccc(F)c3O)C2C(=O)N1CCc1ccc(O)cc1. The van der Waals surface area contributed by atoms with Gasteiger partial charge in [0.15, 0.2) is 21.3 Å². The molecule has 2 N–H and O–H groups in total. The van der Waals surface area contributed by atoms with Crippen LogP contribution in [0.3, 0.4) is 0 Å². The third-order valence-corrected chi connectivity index (χ3v) is 11.3. The number of carbonyl (C=O) groups is 4. The zero-order valence-electron chi connectivity index (χ0n) is 24.0. The largest absolute Gasteiger partial charge is 0.508 e. The van der Waals surface area contributed by atoms with Crippen LogP contribution < -0.4 is 4.90 Å². The number of alkyl halides is 2. The molecule has 4 aliphatic rings. The first-order valence-corrected chi connectivity index (χ1v) is 15.5. The van der Waals surface area contributed by atoms with Crippen LogP contribution in [0.2, 0.25) is 0 Å². The van der Waals surface area contributed by atoms with Gasteiger partial charge in [-0.15, -0.1) is 23.2 Å². The third-order valence-electron chi connectivity index (χ3n) is 9.88. The molecule has 7 rings (SSSR count). The predicted molar refractivity (Wildman–Crippen MR) is 163 cm³/mol. The average molecular weight is 667 g/mol. The van der Waals surface area contributed by atoms with Crippen LogP contribution in [0.15, 0.2) is 78.4 Å². The number of nitrogens with zero attached hydrogens (tertiary/aromatic N) is 2. The highest BCUT2D eigenvalue weighted by atomic mass is 35.5. The Bertz CT molecular complexity index is 1850. The van der Waals surface area contributed by atoms with Gasteiger partial charge >= 0.3 is 0 Å². The van der Waals surface area contributed by atoms with E-state index < -0.39 is 68.5 Å². The fourth-order valence-electron chi connectivity index (χ4n) is 7.70. The molecular weight excluding hydrogens is 641 g/mol. The molecule has 46 heavy (non-hydrogen) atoms. The van der Waals surface area contributed by atoms with Crippen LogP contribution in [0.1, 0.15) is 29.9 Å². The summed E-state index contributed by atoms with van der Waals surface area (Å²) in [6, 6.07) is 14.7. The van der Waals surface area contributed by atoms with E-state index in [-0.39, 0.29) is 42.3 Å². The molecule has 0 radical (unpaired) electrons. The van der Waals surface area contributed by atoms with Crippen molar-refractivity contribution >= 4 is 52.5 Å². The van der Waals surface area contributed by atoms with Gasteiger partial charge in [-0.2, -0.15) is 0 Å². The Morgan fingerprint density at radius 2 is 1.54 bits per heavy atom. The van der Waals surface area contributed by atoms with E-state index in [4.69, 9.17) is 23.2 Å². The monoisotopic (exact) mass is 666 g/mol. The highest BCUT2D eigenvalue weighted by Crippen LogP contribution is 2.66. The smallest absolute Gasteiger partial charge is 0.258 e. The molecular formula is C34H26Cl2F2N2O6. The van der Waals surface area contributed by atoms with E-state index in [1.54, 1.807) is 18.2 Å². The Hall–Kier alpha value is -4.28. The number of fused-ring (bicyclic) bond motifs is 4. The number of anilines is 1. The van der Waals surface area contributed by atoms with Crippen molar-refractivity contribution in [3.05, 3.63) is 101 Å². The van der Waals surface area contributed by atoms with Gasteiger partial charge in [0.2, 0.25) is 11.8 Å². The van der Waals surface area contributed by atoms with Crippen LogP contribution in [-0.2, 0) is 25.6 Å². The van der Waals surface area contributed by atoms with Crippen LogP contribution in [0, 0.1) is 29.4 Å². The first-order valence-electron chi connectivity index (χ1n) is 14.7. The lowest BCUT2D eigenvalue weighted by Gasteiger charge is -2.50. The summed E-state index contributed by atoms with van der Waals surface area (Å²) in [5.74, 6) is -8.97. The Kier molecular flexibility index (Phi) is 7.02. The number of carbonyl (C=O) groups excluding carboxylic acids is 4. The molecule has 0 bridgehead atoms. The van der Waals surface area contributed by atoms with Gasteiger partial charge in [-0.3, -0.25) is 24.1 Å². The zero-order chi connectivity index (χ0) is 32.7. The number of likely N-dealkylation sites (tertiary alicyclic amines) is 1. The van der Waals surface area contributed by atoms with Gasteiger partial charge in [0.25, 0.3) is 11.8 Å². The molecule has 12 heteroatoms. The van der Waals surface area contributed by atoms with E-state index in [0.29, 0.717) is 12.0 Å². The number of hydrogen-bond acceptors (Lipinski definition) is 6. The maximum Gasteiger partial charge on any atom is 0.258 e. The average Bonchev–Trinajstić information content (AvgIpc) is 3.36. The normalized spacial score (nSPS) is 30.3. The van der Waals surface area contributed by atoms with Crippen molar-refractivity contribution in [2.75, 3.05) is 11.4 Å². The molecule has 6 atom stereocenters. The summed E-state index contributed by atoms with van der Waals surface area (Å²) in [5, 5.41) is 20.5. The molecule has 0 spiro atoms. The molecule has 2 heterocycles. The maximum absolute atomic E-state index is 14.8. The maximum atomic E-state index is 14.8. The van der Waals surface area contributed by atoms with Crippen molar-refractivity contribution in [3.63, 3.8) is 0 Å². The molecule has 8 nitrogen and oxygen atoms in total. The van der Waals surface area contributed by atoms with Gasteiger partial charge in [0, 0.05) is 18.0 Å². The molecule has 6 unspecified atom stereocenters. The van der Waals surface area contributed by atoms with Crippen molar-refractivity contribution in [2.45, 2.75) is 34.9 Å². The fraction of sp³-hybridized carbons (Fsp3) is 0.294. The molecule has 236 valence electrons. The Morgan fingerprint density at radius 1 is 0.848 bits per heavy atom. The number of benzene rings is 3. The van der Waals surface area contributed by atoms with Crippen molar-refractivity contribution in [1.82, 2.24) is 4.90 Å². The van der Waals surface area contributed by atoms with E-state index in [0.717, 1.165) is 28.7 Å². The number of halogens is 4. The molecule has 1 saturated carbocycles. The number of para-hydroxylation sites is 1. The van der Waals surface area contributed by atoms with Gasteiger partial charge in [-0.05, 0) is 73.2 Å². The molecule has 2 aliphatic carbocycles. The van der Waals surface area contributed by atoms with Crippen LogP contribution in [0.4, 0.5) is 14.5 Å². The summed E-state index contributed by atoms with van der Waals surface area (Å²) >= 11 is 14.5. The van der Waals surface area contributed by atoms with Crippen LogP contribution in [0.25, 0.3) is 0 Å². The molecule has 2 saturated heterocycles. The molecule has 3 aromatic carbocycles. The molecule has 0 aromatic heterocycles. The topological polar surface area (TPSA) is 115 Å². The van der Waals surface area contributed by atoms with E-state index in [1.165, 1.54) is 41.3 Å². The highest BCUT2D eigenvalue weighted by Gasteiger charge is 2.77. The minimum atomic E-state index is -2.29. The van der Waals surface area contributed by atoms with Gasteiger partial charge in [0.1, 0.15) is 11.6 Å². The second-order valence-corrected chi connectivity index (χ2v) is 13.4. The van der Waals surface area contributed by atoms with Crippen molar-refractivity contribution in [1.29, 1.82) is 0 Å². The minimum Gasteiger partial charge on any atom is -0.508 e. The quantitative estimate of drug-likeness (QED) is 0.220.